The summed E-state index contributed by atoms with van der Waals surface area (Å²) in [6.45, 7) is 9.35. The Hall–Kier alpha value is -1.84. The van der Waals surface area contributed by atoms with Crippen LogP contribution in [-0.2, 0) is 0 Å². The zero-order chi connectivity index (χ0) is 17.5. The molecule has 0 amide bonds. The SMILES string of the molecule is Cc1cc(OC[C@H](O)CN[C@@H](C)c2ccccc2)ccc1C(C)C. The van der Waals surface area contributed by atoms with E-state index in [1.165, 1.54) is 16.7 Å². The molecule has 0 saturated carbocycles. The van der Waals surface area contributed by atoms with Crippen molar-refractivity contribution in [1.29, 1.82) is 0 Å². The van der Waals surface area contributed by atoms with Crippen molar-refractivity contribution in [2.24, 2.45) is 0 Å². The number of rotatable bonds is 8. The molecule has 2 N–H and O–H groups in total. The quantitative estimate of drug-likeness (QED) is 0.763. The third kappa shape index (κ3) is 5.36. The number of hydrogen-bond donors (Lipinski definition) is 2. The molecule has 0 aliphatic heterocycles. The Morgan fingerprint density at radius 1 is 1.04 bits per heavy atom. The van der Waals surface area contributed by atoms with Crippen molar-refractivity contribution >= 4 is 0 Å². The highest BCUT2D eigenvalue weighted by Gasteiger charge is 2.10. The third-order valence-electron chi connectivity index (χ3n) is 4.26. The maximum absolute atomic E-state index is 10.1. The molecule has 130 valence electrons. The van der Waals surface area contributed by atoms with Gasteiger partial charge in [0.25, 0.3) is 0 Å². The first-order valence-electron chi connectivity index (χ1n) is 8.67. The van der Waals surface area contributed by atoms with E-state index >= 15 is 0 Å². The lowest BCUT2D eigenvalue weighted by Crippen LogP contribution is -2.33. The van der Waals surface area contributed by atoms with Gasteiger partial charge in [-0.2, -0.15) is 0 Å². The summed E-state index contributed by atoms with van der Waals surface area (Å²) in [5, 5.41) is 13.5. The van der Waals surface area contributed by atoms with Gasteiger partial charge in [0.2, 0.25) is 0 Å². The highest BCUT2D eigenvalue weighted by molar-refractivity contribution is 5.36. The van der Waals surface area contributed by atoms with Gasteiger partial charge in [0.15, 0.2) is 0 Å². The lowest BCUT2D eigenvalue weighted by Gasteiger charge is -2.18. The van der Waals surface area contributed by atoms with Crippen LogP contribution in [0.15, 0.2) is 48.5 Å². The molecule has 0 aliphatic rings. The molecule has 0 spiro atoms. The number of hydrogen-bond acceptors (Lipinski definition) is 3. The Balaban J connectivity index is 1.79. The predicted octanol–water partition coefficient (Wildman–Crippen LogP) is 4.21. The van der Waals surface area contributed by atoms with Gasteiger partial charge in [-0.3, -0.25) is 0 Å². The van der Waals surface area contributed by atoms with Crippen LogP contribution in [0.4, 0.5) is 0 Å². The summed E-state index contributed by atoms with van der Waals surface area (Å²) >= 11 is 0. The van der Waals surface area contributed by atoms with Gasteiger partial charge in [0, 0.05) is 12.6 Å². The van der Waals surface area contributed by atoms with Crippen molar-refractivity contribution in [3.05, 3.63) is 65.2 Å². The molecule has 3 heteroatoms. The van der Waals surface area contributed by atoms with Gasteiger partial charge in [-0.15, -0.1) is 0 Å². The molecule has 2 aromatic carbocycles. The summed E-state index contributed by atoms with van der Waals surface area (Å²) in [7, 11) is 0. The molecule has 0 bridgehead atoms. The molecular weight excluding hydrogens is 298 g/mol. The van der Waals surface area contributed by atoms with Gasteiger partial charge in [0.1, 0.15) is 18.5 Å². The standard InChI is InChI=1S/C21H29NO2/c1-15(2)21-11-10-20(12-16(21)3)24-14-19(23)13-22-17(4)18-8-6-5-7-9-18/h5-12,15,17,19,22-23H,13-14H2,1-4H3/t17-,19+/m0/s1. The largest absolute Gasteiger partial charge is 0.491 e. The van der Waals surface area contributed by atoms with Crippen LogP contribution >= 0.6 is 0 Å². The summed E-state index contributed by atoms with van der Waals surface area (Å²) in [6.07, 6.45) is -0.541. The van der Waals surface area contributed by atoms with Crippen LogP contribution in [0, 0.1) is 6.92 Å². The zero-order valence-corrected chi connectivity index (χ0v) is 15.1. The molecule has 0 fully saturated rings. The van der Waals surface area contributed by atoms with Crippen LogP contribution in [-0.4, -0.2) is 24.4 Å². The molecule has 2 rings (SSSR count). The molecule has 0 heterocycles. The molecule has 2 aromatic rings. The maximum atomic E-state index is 10.1. The first kappa shape index (κ1) is 18.5. The number of nitrogens with one attached hydrogen (secondary N) is 1. The van der Waals surface area contributed by atoms with Crippen LogP contribution in [0.5, 0.6) is 5.75 Å². The van der Waals surface area contributed by atoms with Crippen LogP contribution in [0.25, 0.3) is 0 Å². The predicted molar refractivity (Wildman–Crippen MR) is 99.6 cm³/mol. The number of aryl methyl sites for hydroxylation is 1. The first-order valence-corrected chi connectivity index (χ1v) is 8.67. The molecular formula is C21H29NO2. The number of aliphatic hydroxyl groups excluding tert-OH is 1. The Morgan fingerprint density at radius 2 is 1.75 bits per heavy atom. The van der Waals surface area contributed by atoms with Gasteiger partial charge in [-0.1, -0.05) is 50.2 Å². The second-order valence-electron chi connectivity index (χ2n) is 6.68. The molecule has 0 radical (unpaired) electrons. The van der Waals surface area contributed by atoms with Crippen molar-refractivity contribution in [3.8, 4) is 5.75 Å². The normalized spacial score (nSPS) is 13.8. The topological polar surface area (TPSA) is 41.5 Å². The van der Waals surface area contributed by atoms with Crippen LogP contribution in [0.3, 0.4) is 0 Å². The van der Waals surface area contributed by atoms with E-state index < -0.39 is 6.10 Å². The summed E-state index contributed by atoms with van der Waals surface area (Å²) in [4.78, 5) is 0. The van der Waals surface area contributed by atoms with Gasteiger partial charge in [-0.25, -0.2) is 0 Å². The fourth-order valence-electron chi connectivity index (χ4n) is 2.81. The molecule has 2 atom stereocenters. The van der Waals surface area contributed by atoms with Crippen LogP contribution < -0.4 is 10.1 Å². The van der Waals surface area contributed by atoms with Crippen LogP contribution in [0.2, 0.25) is 0 Å². The van der Waals surface area contributed by atoms with Crippen molar-refractivity contribution in [3.63, 3.8) is 0 Å². The van der Waals surface area contributed by atoms with E-state index in [0.717, 1.165) is 5.75 Å². The molecule has 0 saturated heterocycles. The molecule has 3 nitrogen and oxygen atoms in total. The minimum Gasteiger partial charge on any atom is -0.491 e. The van der Waals surface area contributed by atoms with Crippen molar-refractivity contribution in [1.82, 2.24) is 5.32 Å². The second kappa shape index (κ2) is 8.86. The van der Waals surface area contributed by atoms with E-state index in [-0.39, 0.29) is 12.6 Å². The lowest BCUT2D eigenvalue weighted by atomic mass is 9.98. The van der Waals surface area contributed by atoms with E-state index in [0.29, 0.717) is 12.5 Å². The molecule has 0 aromatic heterocycles. The first-order chi connectivity index (χ1) is 11.5. The smallest absolute Gasteiger partial charge is 0.119 e. The van der Waals surface area contributed by atoms with Crippen molar-refractivity contribution in [2.75, 3.05) is 13.2 Å². The summed E-state index contributed by atoms with van der Waals surface area (Å²) in [5.74, 6) is 1.32. The minimum atomic E-state index is -0.541. The van der Waals surface area contributed by atoms with E-state index in [4.69, 9.17) is 4.74 Å². The average Bonchev–Trinajstić information content (AvgIpc) is 2.58. The van der Waals surface area contributed by atoms with Gasteiger partial charge in [0.05, 0.1) is 0 Å². The highest BCUT2D eigenvalue weighted by atomic mass is 16.5. The Morgan fingerprint density at radius 3 is 2.38 bits per heavy atom. The summed E-state index contributed by atoms with van der Waals surface area (Å²) < 4.78 is 5.73. The van der Waals surface area contributed by atoms with Gasteiger partial charge < -0.3 is 15.2 Å². The van der Waals surface area contributed by atoms with Crippen molar-refractivity contribution in [2.45, 2.75) is 45.8 Å². The molecule has 0 unspecified atom stereocenters. The Kier molecular flexibility index (Phi) is 6.83. The Labute approximate surface area is 145 Å². The second-order valence-corrected chi connectivity index (χ2v) is 6.68. The van der Waals surface area contributed by atoms with Crippen LogP contribution in [0.1, 0.15) is 49.4 Å². The molecule has 24 heavy (non-hydrogen) atoms. The number of ether oxygens (including phenoxy) is 1. The average molecular weight is 327 g/mol. The zero-order valence-electron chi connectivity index (χ0n) is 15.1. The monoisotopic (exact) mass is 327 g/mol. The fraction of sp³-hybridized carbons (Fsp3) is 0.429. The van der Waals surface area contributed by atoms with E-state index in [1.54, 1.807) is 0 Å². The Bertz CT molecular complexity index is 625. The summed E-state index contributed by atoms with van der Waals surface area (Å²) in [6, 6.07) is 16.6. The number of aliphatic hydroxyl groups is 1. The number of benzene rings is 2. The van der Waals surface area contributed by atoms with Gasteiger partial charge >= 0.3 is 0 Å². The van der Waals surface area contributed by atoms with Gasteiger partial charge in [-0.05, 0) is 48.6 Å². The van der Waals surface area contributed by atoms with E-state index in [2.05, 4.69) is 51.2 Å². The third-order valence-corrected chi connectivity index (χ3v) is 4.26. The maximum Gasteiger partial charge on any atom is 0.119 e. The van der Waals surface area contributed by atoms with E-state index in [9.17, 15) is 5.11 Å². The van der Waals surface area contributed by atoms with Crippen molar-refractivity contribution < 1.29 is 9.84 Å². The minimum absolute atomic E-state index is 0.202. The lowest BCUT2D eigenvalue weighted by molar-refractivity contribution is 0.104. The fourth-order valence-corrected chi connectivity index (χ4v) is 2.81. The summed E-state index contributed by atoms with van der Waals surface area (Å²) in [5.41, 5.74) is 3.78. The van der Waals surface area contributed by atoms with E-state index in [1.807, 2.05) is 30.3 Å². The highest BCUT2D eigenvalue weighted by Crippen LogP contribution is 2.23. The molecule has 0 aliphatic carbocycles.